The largest absolute Gasteiger partial charge is 0.497 e. The monoisotopic (exact) mass is 357 g/mol. The van der Waals surface area contributed by atoms with Crippen LogP contribution in [0.5, 0.6) is 5.75 Å². The number of aromatic amines is 1. The van der Waals surface area contributed by atoms with Gasteiger partial charge in [0.1, 0.15) is 11.6 Å². The highest BCUT2D eigenvalue weighted by molar-refractivity contribution is 5.60. The van der Waals surface area contributed by atoms with Gasteiger partial charge >= 0.3 is 0 Å². The molecule has 2 aromatic carbocycles. The lowest BCUT2D eigenvalue weighted by Crippen LogP contribution is -2.51. The van der Waals surface area contributed by atoms with Gasteiger partial charge in [0, 0.05) is 23.5 Å². The number of hydrogen-bond acceptors (Lipinski definition) is 5. The fourth-order valence-electron chi connectivity index (χ4n) is 3.21. The second-order valence-electron chi connectivity index (χ2n) is 6.49. The summed E-state index contributed by atoms with van der Waals surface area (Å²) in [5, 5.41) is 25.4. The summed E-state index contributed by atoms with van der Waals surface area (Å²) in [6.07, 6.45) is 4.08. The predicted molar refractivity (Wildman–Crippen MR) is 104 cm³/mol. The van der Waals surface area contributed by atoms with Crippen molar-refractivity contribution in [1.29, 1.82) is 5.26 Å². The van der Waals surface area contributed by atoms with Crippen molar-refractivity contribution in [3.05, 3.63) is 75.8 Å². The molecule has 2 heterocycles. The summed E-state index contributed by atoms with van der Waals surface area (Å²) >= 11 is 0. The molecule has 3 N–H and O–H groups in total. The molecular weight excluding hydrogens is 338 g/mol. The molecule has 1 unspecified atom stereocenters. The molecule has 0 fully saturated rings. The van der Waals surface area contributed by atoms with Crippen LogP contribution in [0.2, 0.25) is 0 Å². The van der Waals surface area contributed by atoms with Crippen LogP contribution in [0.25, 0.3) is 12.3 Å². The summed E-state index contributed by atoms with van der Waals surface area (Å²) in [7, 11) is 1.66. The number of nitriles is 1. The van der Waals surface area contributed by atoms with E-state index < -0.39 is 5.66 Å². The number of nitrogens with zero attached hydrogens (tertiary/aromatic N) is 2. The quantitative estimate of drug-likeness (QED) is 0.662. The van der Waals surface area contributed by atoms with E-state index in [-0.39, 0.29) is 0 Å². The van der Waals surface area contributed by atoms with Gasteiger partial charge in [0.2, 0.25) is 0 Å². The summed E-state index contributed by atoms with van der Waals surface area (Å²) in [6.45, 7) is 1.96. The highest BCUT2D eigenvalue weighted by atomic mass is 16.5. The zero-order chi connectivity index (χ0) is 18.9. The van der Waals surface area contributed by atoms with Gasteiger partial charge in [-0.2, -0.15) is 10.4 Å². The first-order valence-electron chi connectivity index (χ1n) is 8.57. The molecule has 3 aromatic rings. The molecule has 4 rings (SSSR count). The number of benzene rings is 2. The van der Waals surface area contributed by atoms with Gasteiger partial charge < -0.3 is 15.4 Å². The van der Waals surface area contributed by atoms with Gasteiger partial charge in [0.25, 0.3) is 0 Å². The van der Waals surface area contributed by atoms with Crippen LogP contribution < -0.4 is 25.8 Å². The summed E-state index contributed by atoms with van der Waals surface area (Å²) < 4.78 is 5.38. The number of H-pyrrole nitrogens is 1. The van der Waals surface area contributed by atoms with Crippen LogP contribution in [0.1, 0.15) is 16.8 Å². The van der Waals surface area contributed by atoms with Crippen LogP contribution in [0.15, 0.2) is 48.5 Å². The Hall–Kier alpha value is -3.72. The molecule has 0 radical (unpaired) electrons. The Morgan fingerprint density at radius 1 is 1.11 bits per heavy atom. The molecule has 0 saturated heterocycles. The van der Waals surface area contributed by atoms with Crippen LogP contribution in [0.3, 0.4) is 0 Å². The number of hydrogen-bond donors (Lipinski definition) is 3. The van der Waals surface area contributed by atoms with Crippen LogP contribution in [0.4, 0.5) is 5.82 Å². The average molecular weight is 357 g/mol. The minimum atomic E-state index is -0.713. The normalized spacial score (nSPS) is 17.5. The molecule has 0 saturated carbocycles. The maximum absolute atomic E-state index is 9.11. The number of anilines is 1. The molecule has 134 valence electrons. The Labute approximate surface area is 156 Å². The van der Waals surface area contributed by atoms with E-state index in [1.807, 2.05) is 61.7 Å². The van der Waals surface area contributed by atoms with E-state index in [0.29, 0.717) is 5.56 Å². The summed E-state index contributed by atoms with van der Waals surface area (Å²) in [5.41, 5.74) is 1.84. The van der Waals surface area contributed by atoms with Crippen LogP contribution >= 0.6 is 0 Å². The molecule has 1 aromatic heterocycles. The van der Waals surface area contributed by atoms with Gasteiger partial charge in [-0.3, -0.25) is 5.10 Å². The Bertz CT molecular complexity index is 1140. The Balaban J connectivity index is 1.87. The standard InChI is InChI=1S/C21H19N5O/c1-14-9-20(26-25-14)24-21(18-6-3-15(12-22)4-7-18)11-17-10-19(27-2)8-5-16(17)13-23-21/h3-11,13,23H,1-2H3,(H2,24,25,26). The molecular formula is C21H19N5O. The molecule has 0 bridgehead atoms. The van der Waals surface area contributed by atoms with Crippen molar-refractivity contribution in [2.24, 2.45) is 0 Å². The van der Waals surface area contributed by atoms with E-state index in [2.05, 4.69) is 33.0 Å². The van der Waals surface area contributed by atoms with E-state index in [1.54, 1.807) is 7.11 Å². The van der Waals surface area contributed by atoms with Crippen molar-refractivity contribution in [3.63, 3.8) is 0 Å². The molecule has 6 heteroatoms. The van der Waals surface area contributed by atoms with Crippen molar-refractivity contribution in [2.45, 2.75) is 12.6 Å². The maximum atomic E-state index is 9.11. The zero-order valence-electron chi connectivity index (χ0n) is 15.1. The number of rotatable bonds is 4. The average Bonchev–Trinajstić information content (AvgIpc) is 3.11. The van der Waals surface area contributed by atoms with Crippen molar-refractivity contribution >= 4 is 18.1 Å². The maximum Gasteiger partial charge on any atom is 0.156 e. The van der Waals surface area contributed by atoms with Crippen molar-refractivity contribution in [3.8, 4) is 11.8 Å². The van der Waals surface area contributed by atoms with Crippen LogP contribution in [0, 0.1) is 18.3 Å². The molecule has 0 spiro atoms. The highest BCUT2D eigenvalue weighted by Crippen LogP contribution is 2.27. The molecule has 0 amide bonds. The molecule has 1 aliphatic rings. The minimum Gasteiger partial charge on any atom is -0.497 e. The third kappa shape index (κ3) is 3.11. The molecule has 0 aliphatic carbocycles. The van der Waals surface area contributed by atoms with Gasteiger partial charge in [-0.05, 0) is 53.8 Å². The zero-order valence-corrected chi connectivity index (χ0v) is 15.1. The van der Waals surface area contributed by atoms with Crippen LogP contribution in [-0.4, -0.2) is 17.3 Å². The van der Waals surface area contributed by atoms with Gasteiger partial charge in [0.15, 0.2) is 5.66 Å². The van der Waals surface area contributed by atoms with Gasteiger partial charge in [-0.1, -0.05) is 12.1 Å². The SMILES string of the molecule is COc1ccc2c(c1)=CC(Nc1cc(C)[nH]n1)(c1ccc(C#N)cc1)NC=2. The molecule has 1 atom stereocenters. The van der Waals surface area contributed by atoms with Gasteiger partial charge in [-0.25, -0.2) is 0 Å². The Kier molecular flexibility index (Phi) is 4.05. The second-order valence-corrected chi connectivity index (χ2v) is 6.49. The number of ether oxygens (including phenoxy) is 1. The minimum absolute atomic E-state index is 0.617. The number of nitrogens with one attached hydrogen (secondary N) is 3. The van der Waals surface area contributed by atoms with E-state index in [0.717, 1.165) is 33.3 Å². The lowest BCUT2D eigenvalue weighted by Gasteiger charge is -2.35. The van der Waals surface area contributed by atoms with E-state index in [1.165, 1.54) is 0 Å². The number of aromatic nitrogens is 2. The molecule has 27 heavy (non-hydrogen) atoms. The number of fused-ring (bicyclic) bond motifs is 1. The lowest BCUT2D eigenvalue weighted by atomic mass is 9.94. The van der Waals surface area contributed by atoms with Crippen LogP contribution in [-0.2, 0) is 5.66 Å². The first kappa shape index (κ1) is 16.7. The van der Waals surface area contributed by atoms with E-state index in [4.69, 9.17) is 10.00 Å². The van der Waals surface area contributed by atoms with Gasteiger partial charge in [-0.15, -0.1) is 0 Å². The lowest BCUT2D eigenvalue weighted by molar-refractivity contribution is 0.414. The fourth-order valence-corrected chi connectivity index (χ4v) is 3.21. The topological polar surface area (TPSA) is 85.8 Å². The Morgan fingerprint density at radius 3 is 2.59 bits per heavy atom. The third-order valence-electron chi connectivity index (χ3n) is 4.62. The first-order chi connectivity index (χ1) is 13.1. The van der Waals surface area contributed by atoms with Crippen molar-refractivity contribution in [2.75, 3.05) is 12.4 Å². The first-order valence-corrected chi connectivity index (χ1v) is 8.57. The van der Waals surface area contributed by atoms with Crippen molar-refractivity contribution in [1.82, 2.24) is 15.5 Å². The Morgan fingerprint density at radius 2 is 1.93 bits per heavy atom. The molecule has 6 nitrogen and oxygen atoms in total. The van der Waals surface area contributed by atoms with Gasteiger partial charge in [0.05, 0.1) is 18.7 Å². The summed E-state index contributed by atoms with van der Waals surface area (Å²) in [5.74, 6) is 1.52. The summed E-state index contributed by atoms with van der Waals surface area (Å²) in [4.78, 5) is 0. The van der Waals surface area contributed by atoms with E-state index in [9.17, 15) is 0 Å². The van der Waals surface area contributed by atoms with Crippen molar-refractivity contribution < 1.29 is 4.74 Å². The third-order valence-corrected chi connectivity index (χ3v) is 4.62. The highest BCUT2D eigenvalue weighted by Gasteiger charge is 2.31. The second kappa shape index (κ2) is 6.54. The predicted octanol–water partition coefficient (Wildman–Crippen LogP) is 1.69. The van der Waals surface area contributed by atoms with E-state index >= 15 is 0 Å². The summed E-state index contributed by atoms with van der Waals surface area (Å²) in [6, 6.07) is 17.6. The number of aryl methyl sites for hydroxylation is 1. The molecule has 1 aliphatic heterocycles. The fraction of sp³-hybridized carbons (Fsp3) is 0.143. The number of methoxy groups -OCH3 is 1. The smallest absolute Gasteiger partial charge is 0.156 e.